The number of aromatic nitrogens is 1. The molecule has 0 aromatic carbocycles. The van der Waals surface area contributed by atoms with Crippen molar-refractivity contribution >= 4 is 10.0 Å². The lowest BCUT2D eigenvalue weighted by Crippen LogP contribution is -2.38. The Balaban J connectivity index is 1.97. The van der Waals surface area contributed by atoms with Crippen molar-refractivity contribution in [2.24, 2.45) is 0 Å². The highest BCUT2D eigenvalue weighted by Crippen LogP contribution is 2.15. The molecule has 1 fully saturated rings. The molecule has 3 N–H and O–H groups in total. The Kier molecular flexibility index (Phi) is 4.62. The molecule has 19 heavy (non-hydrogen) atoms. The van der Waals surface area contributed by atoms with E-state index in [4.69, 9.17) is 0 Å². The molecule has 0 radical (unpaired) electrons. The van der Waals surface area contributed by atoms with Crippen LogP contribution in [-0.4, -0.2) is 51.5 Å². The Morgan fingerprint density at radius 2 is 2.32 bits per heavy atom. The zero-order chi connectivity index (χ0) is 13.9. The number of aromatic amines is 1. The van der Waals surface area contributed by atoms with E-state index >= 15 is 0 Å². The van der Waals surface area contributed by atoms with Crippen molar-refractivity contribution in [3.63, 3.8) is 0 Å². The summed E-state index contributed by atoms with van der Waals surface area (Å²) in [5, 5.41) is 2.98. The summed E-state index contributed by atoms with van der Waals surface area (Å²) in [6.07, 6.45) is 3.73. The maximum Gasteiger partial charge on any atom is 0.242 e. The van der Waals surface area contributed by atoms with E-state index in [0.717, 1.165) is 25.1 Å². The normalized spacial score (nSPS) is 21.1. The lowest BCUT2D eigenvalue weighted by atomic mass is 10.2. The number of sulfonamides is 1. The molecule has 1 aromatic rings. The summed E-state index contributed by atoms with van der Waals surface area (Å²) in [7, 11) is 0.453. The van der Waals surface area contributed by atoms with E-state index in [1.165, 1.54) is 6.20 Å². The van der Waals surface area contributed by atoms with Crippen LogP contribution in [0.1, 0.15) is 18.5 Å². The number of hydrogen-bond donors (Lipinski definition) is 3. The molecule has 1 aliphatic rings. The van der Waals surface area contributed by atoms with Crippen molar-refractivity contribution < 1.29 is 8.42 Å². The van der Waals surface area contributed by atoms with Gasteiger partial charge >= 0.3 is 0 Å². The van der Waals surface area contributed by atoms with E-state index in [1.807, 2.05) is 14.1 Å². The van der Waals surface area contributed by atoms with Gasteiger partial charge in [0.05, 0.1) is 4.90 Å². The number of nitrogens with zero attached hydrogens (tertiary/aromatic N) is 1. The maximum atomic E-state index is 12.1. The summed E-state index contributed by atoms with van der Waals surface area (Å²) < 4.78 is 27.0. The van der Waals surface area contributed by atoms with Gasteiger partial charge in [0, 0.05) is 31.0 Å². The summed E-state index contributed by atoms with van der Waals surface area (Å²) in [6, 6.07) is 1.97. The largest absolute Gasteiger partial charge is 0.363 e. The van der Waals surface area contributed by atoms with Gasteiger partial charge in [-0.2, -0.15) is 0 Å². The Morgan fingerprint density at radius 1 is 1.53 bits per heavy atom. The first-order valence-electron chi connectivity index (χ1n) is 6.55. The van der Waals surface area contributed by atoms with Gasteiger partial charge in [-0.05, 0) is 39.5 Å². The highest BCUT2D eigenvalue weighted by Gasteiger charge is 2.23. The minimum Gasteiger partial charge on any atom is -0.363 e. The third kappa shape index (κ3) is 3.56. The Bertz CT molecular complexity index is 512. The predicted molar refractivity (Wildman–Crippen MR) is 74.4 cm³/mol. The minimum absolute atomic E-state index is 0.304. The summed E-state index contributed by atoms with van der Waals surface area (Å²) >= 11 is 0. The van der Waals surface area contributed by atoms with Crippen LogP contribution in [0.15, 0.2) is 17.2 Å². The van der Waals surface area contributed by atoms with Gasteiger partial charge < -0.3 is 15.2 Å². The molecule has 0 amide bonds. The van der Waals surface area contributed by atoms with Gasteiger partial charge in [-0.15, -0.1) is 0 Å². The molecule has 0 spiro atoms. The van der Waals surface area contributed by atoms with Gasteiger partial charge in [-0.25, -0.2) is 13.1 Å². The highest BCUT2D eigenvalue weighted by molar-refractivity contribution is 7.89. The van der Waals surface area contributed by atoms with Gasteiger partial charge in [-0.1, -0.05) is 0 Å². The van der Waals surface area contributed by atoms with Crippen molar-refractivity contribution in [1.82, 2.24) is 19.9 Å². The van der Waals surface area contributed by atoms with Crippen molar-refractivity contribution in [3.8, 4) is 0 Å². The van der Waals surface area contributed by atoms with Crippen LogP contribution in [0.2, 0.25) is 0 Å². The first kappa shape index (κ1) is 14.5. The molecule has 0 saturated carbocycles. The van der Waals surface area contributed by atoms with Gasteiger partial charge in [0.2, 0.25) is 10.0 Å². The molecule has 2 heterocycles. The number of hydrogen-bond acceptors (Lipinski definition) is 4. The van der Waals surface area contributed by atoms with Crippen LogP contribution in [0.25, 0.3) is 0 Å². The van der Waals surface area contributed by atoms with Crippen molar-refractivity contribution in [3.05, 3.63) is 18.0 Å². The molecule has 108 valence electrons. The summed E-state index contributed by atoms with van der Waals surface area (Å²) in [4.78, 5) is 5.46. The van der Waals surface area contributed by atoms with Crippen LogP contribution in [-0.2, 0) is 16.6 Å². The Labute approximate surface area is 114 Å². The second-order valence-electron chi connectivity index (χ2n) is 5.02. The van der Waals surface area contributed by atoms with Crippen LogP contribution in [0.4, 0.5) is 0 Å². The molecule has 2 rings (SSSR count). The molecule has 1 unspecified atom stereocenters. The topological polar surface area (TPSA) is 77.2 Å². The smallest absolute Gasteiger partial charge is 0.242 e. The van der Waals surface area contributed by atoms with Crippen LogP contribution < -0.4 is 10.0 Å². The van der Waals surface area contributed by atoms with Crippen LogP contribution in [0, 0.1) is 0 Å². The van der Waals surface area contributed by atoms with Crippen LogP contribution >= 0.6 is 0 Å². The molecule has 1 aromatic heterocycles. The first-order valence-corrected chi connectivity index (χ1v) is 8.03. The van der Waals surface area contributed by atoms with E-state index in [1.54, 1.807) is 6.07 Å². The highest BCUT2D eigenvalue weighted by atomic mass is 32.2. The molecule has 1 aliphatic heterocycles. The summed E-state index contributed by atoms with van der Waals surface area (Å²) in [5.74, 6) is 0. The minimum atomic E-state index is -3.40. The van der Waals surface area contributed by atoms with E-state index in [-0.39, 0.29) is 0 Å². The van der Waals surface area contributed by atoms with E-state index in [2.05, 4.69) is 19.9 Å². The number of likely N-dealkylation sites (tertiary alicyclic amines) is 1. The quantitative estimate of drug-likeness (QED) is 0.693. The van der Waals surface area contributed by atoms with E-state index in [0.29, 0.717) is 24.0 Å². The van der Waals surface area contributed by atoms with Gasteiger partial charge in [0.1, 0.15) is 0 Å². The van der Waals surface area contributed by atoms with Gasteiger partial charge in [-0.3, -0.25) is 0 Å². The average Bonchev–Trinajstić information content (AvgIpc) is 2.97. The van der Waals surface area contributed by atoms with Crippen molar-refractivity contribution in [1.29, 1.82) is 0 Å². The fraction of sp³-hybridized carbons (Fsp3) is 0.667. The lowest BCUT2D eigenvalue weighted by molar-refractivity contribution is 0.311. The molecule has 1 saturated heterocycles. The molecule has 0 aliphatic carbocycles. The van der Waals surface area contributed by atoms with Gasteiger partial charge in [0.25, 0.3) is 0 Å². The lowest BCUT2D eigenvalue weighted by Gasteiger charge is -2.19. The third-order valence-electron chi connectivity index (χ3n) is 3.57. The fourth-order valence-corrected chi connectivity index (χ4v) is 3.48. The third-order valence-corrected chi connectivity index (χ3v) is 4.98. The SMILES string of the molecule is CNCc1cc(S(=O)(=O)NCC2CCCN2C)c[nH]1. The molecule has 7 heteroatoms. The van der Waals surface area contributed by atoms with Gasteiger partial charge in [0.15, 0.2) is 0 Å². The molecule has 0 bridgehead atoms. The number of H-pyrrole nitrogens is 1. The number of likely N-dealkylation sites (N-methyl/N-ethyl adjacent to an activating group) is 1. The summed E-state index contributed by atoms with van der Waals surface area (Å²) in [5.41, 5.74) is 0.862. The molecule has 6 nitrogen and oxygen atoms in total. The maximum absolute atomic E-state index is 12.1. The average molecular weight is 286 g/mol. The summed E-state index contributed by atoms with van der Waals surface area (Å²) in [6.45, 7) is 2.15. The Morgan fingerprint density at radius 3 is 2.95 bits per heavy atom. The predicted octanol–water partition coefficient (Wildman–Crippen LogP) is 0.107. The van der Waals surface area contributed by atoms with Crippen molar-refractivity contribution in [2.75, 3.05) is 27.2 Å². The molecule has 1 atom stereocenters. The Hall–Kier alpha value is -0.890. The van der Waals surface area contributed by atoms with E-state index in [9.17, 15) is 8.42 Å². The van der Waals surface area contributed by atoms with Crippen molar-refractivity contribution in [2.45, 2.75) is 30.3 Å². The second-order valence-corrected chi connectivity index (χ2v) is 6.79. The first-order chi connectivity index (χ1) is 9.03. The monoisotopic (exact) mass is 286 g/mol. The second kappa shape index (κ2) is 6.04. The standard InChI is InChI=1S/C12H22N4O2S/c1-13-7-10-6-12(9-14-10)19(17,18)15-8-11-4-3-5-16(11)2/h6,9,11,13-15H,3-5,7-8H2,1-2H3. The fourth-order valence-electron chi connectivity index (χ4n) is 2.39. The number of rotatable bonds is 6. The number of nitrogens with one attached hydrogen (secondary N) is 3. The molecular formula is C12H22N4O2S. The van der Waals surface area contributed by atoms with E-state index < -0.39 is 10.0 Å². The van der Waals surface area contributed by atoms with Crippen LogP contribution in [0.3, 0.4) is 0 Å². The molecular weight excluding hydrogens is 264 g/mol. The van der Waals surface area contributed by atoms with Crippen LogP contribution in [0.5, 0.6) is 0 Å². The zero-order valence-electron chi connectivity index (χ0n) is 11.4. The zero-order valence-corrected chi connectivity index (χ0v) is 12.3.